The summed E-state index contributed by atoms with van der Waals surface area (Å²) >= 11 is 0. The van der Waals surface area contributed by atoms with Crippen molar-refractivity contribution in [3.8, 4) is 0 Å². The van der Waals surface area contributed by atoms with E-state index in [1.165, 1.54) is 5.57 Å². The molecule has 1 N–H and O–H groups in total. The van der Waals surface area contributed by atoms with Crippen molar-refractivity contribution in [2.24, 2.45) is 23.7 Å². The summed E-state index contributed by atoms with van der Waals surface area (Å²) in [5.74, 6) is -0.860. The Morgan fingerprint density at radius 3 is 2.68 bits per heavy atom. The van der Waals surface area contributed by atoms with Crippen LogP contribution in [0.2, 0.25) is 0 Å². The zero-order valence-electron chi connectivity index (χ0n) is 17.0. The third-order valence-corrected chi connectivity index (χ3v) is 8.08. The summed E-state index contributed by atoms with van der Waals surface area (Å²) in [6.07, 6.45) is 4.58. The number of aliphatic hydroxyl groups is 1. The molecule has 0 aromatic carbocycles. The van der Waals surface area contributed by atoms with Gasteiger partial charge in [-0.05, 0) is 37.7 Å². The molecule has 5 rings (SSSR count). The normalized spacial score (nSPS) is 47.6. The quantitative estimate of drug-likeness (QED) is 0.731. The highest BCUT2D eigenvalue weighted by molar-refractivity contribution is 5.78. The van der Waals surface area contributed by atoms with Crippen LogP contribution < -0.4 is 0 Å². The number of cyclic esters (lactones) is 1. The standard InChI is InChI=1S/C22H31NO5/c1-4-13-14-7-5-6-8-23-15(16-9-11(2)20(25)27-16)10-22(19(14)23)17(18(13)24)12(3)21(26)28-22/h11-13,15-18,24H,4-10H2,1-3H3/t11-,12-,13+,15-,16-,17-,18+,22-/m0/s1. The molecule has 0 aromatic heterocycles. The summed E-state index contributed by atoms with van der Waals surface area (Å²) in [5, 5.41) is 11.3. The topological polar surface area (TPSA) is 76.1 Å². The molecule has 4 aliphatic heterocycles. The molecule has 0 saturated carbocycles. The molecule has 6 heteroatoms. The van der Waals surface area contributed by atoms with E-state index in [-0.39, 0.29) is 47.8 Å². The Morgan fingerprint density at radius 2 is 2.00 bits per heavy atom. The Morgan fingerprint density at radius 1 is 1.21 bits per heavy atom. The van der Waals surface area contributed by atoms with Crippen molar-refractivity contribution in [1.82, 2.24) is 4.90 Å². The van der Waals surface area contributed by atoms with E-state index < -0.39 is 11.7 Å². The third kappa shape index (κ3) is 2.24. The van der Waals surface area contributed by atoms with Gasteiger partial charge in [-0.15, -0.1) is 0 Å². The first-order valence-corrected chi connectivity index (χ1v) is 11.0. The maximum Gasteiger partial charge on any atom is 0.310 e. The van der Waals surface area contributed by atoms with Crippen molar-refractivity contribution in [2.45, 2.75) is 83.1 Å². The van der Waals surface area contributed by atoms with Gasteiger partial charge in [0.1, 0.15) is 6.10 Å². The predicted octanol–water partition coefficient (Wildman–Crippen LogP) is 2.40. The molecule has 8 atom stereocenters. The zero-order chi connectivity index (χ0) is 19.8. The second kappa shape index (κ2) is 6.22. The van der Waals surface area contributed by atoms with Crippen molar-refractivity contribution in [3.63, 3.8) is 0 Å². The number of esters is 2. The number of hydrogen-bond donors (Lipinski definition) is 1. The van der Waals surface area contributed by atoms with E-state index in [4.69, 9.17) is 9.47 Å². The van der Waals surface area contributed by atoms with Crippen LogP contribution in [0.15, 0.2) is 11.3 Å². The van der Waals surface area contributed by atoms with Crippen LogP contribution in [-0.2, 0) is 19.1 Å². The molecule has 1 spiro atoms. The minimum atomic E-state index is -0.746. The molecule has 28 heavy (non-hydrogen) atoms. The maximum absolute atomic E-state index is 12.7. The van der Waals surface area contributed by atoms with Crippen LogP contribution in [0.1, 0.15) is 59.3 Å². The first kappa shape index (κ1) is 18.5. The summed E-state index contributed by atoms with van der Waals surface area (Å²) in [7, 11) is 0. The molecule has 3 saturated heterocycles. The highest BCUT2D eigenvalue weighted by Crippen LogP contribution is 2.61. The van der Waals surface area contributed by atoms with Crippen LogP contribution in [-0.4, -0.2) is 52.3 Å². The molecule has 0 amide bonds. The fraction of sp³-hybridized carbons (Fsp3) is 0.818. The predicted molar refractivity (Wildman–Crippen MR) is 101 cm³/mol. The van der Waals surface area contributed by atoms with Crippen molar-refractivity contribution >= 4 is 11.9 Å². The van der Waals surface area contributed by atoms with Crippen LogP contribution in [0.25, 0.3) is 0 Å². The molecule has 0 bridgehead atoms. The lowest BCUT2D eigenvalue weighted by Crippen LogP contribution is -2.51. The fourth-order valence-electron chi connectivity index (χ4n) is 6.85. The third-order valence-electron chi connectivity index (χ3n) is 8.08. The first-order chi connectivity index (χ1) is 13.4. The summed E-state index contributed by atoms with van der Waals surface area (Å²) in [6.45, 7) is 6.85. The van der Waals surface area contributed by atoms with Crippen molar-refractivity contribution in [3.05, 3.63) is 11.3 Å². The number of carbonyl (C=O) groups is 2. The Labute approximate surface area is 166 Å². The molecule has 1 aliphatic carbocycles. The number of aliphatic hydroxyl groups excluding tert-OH is 1. The van der Waals surface area contributed by atoms with E-state index >= 15 is 0 Å². The summed E-state index contributed by atoms with van der Waals surface area (Å²) < 4.78 is 11.9. The smallest absolute Gasteiger partial charge is 0.310 e. The highest BCUT2D eigenvalue weighted by atomic mass is 16.6. The zero-order valence-corrected chi connectivity index (χ0v) is 17.0. The monoisotopic (exact) mass is 389 g/mol. The number of ether oxygens (including phenoxy) is 2. The minimum absolute atomic E-state index is 0.0282. The van der Waals surface area contributed by atoms with Gasteiger partial charge in [-0.3, -0.25) is 9.59 Å². The lowest BCUT2D eigenvalue weighted by atomic mass is 9.64. The van der Waals surface area contributed by atoms with Gasteiger partial charge < -0.3 is 19.5 Å². The van der Waals surface area contributed by atoms with Gasteiger partial charge in [0.05, 0.1) is 29.7 Å². The number of carbonyl (C=O) groups excluding carboxylic acids is 2. The van der Waals surface area contributed by atoms with E-state index in [0.29, 0.717) is 12.8 Å². The molecule has 154 valence electrons. The second-order valence-electron chi connectivity index (χ2n) is 9.54. The Kier molecular flexibility index (Phi) is 4.10. The van der Waals surface area contributed by atoms with Crippen molar-refractivity contribution in [2.75, 3.05) is 6.54 Å². The lowest BCUT2D eigenvalue weighted by molar-refractivity contribution is -0.150. The van der Waals surface area contributed by atoms with Gasteiger partial charge >= 0.3 is 11.9 Å². The molecular weight excluding hydrogens is 358 g/mol. The summed E-state index contributed by atoms with van der Waals surface area (Å²) in [5.41, 5.74) is 1.69. The fourth-order valence-corrected chi connectivity index (χ4v) is 6.85. The molecular formula is C22H31NO5. The SMILES string of the molecule is CC[C@@H]1C2=C3N(CCCC2)[C@H]([C@@H]2C[C@H](C)C(=O)O2)C[C@@]32OC(=O)[C@@H](C)[C@H]2[C@@H]1O. The molecule has 0 unspecified atom stereocenters. The molecule has 3 fully saturated rings. The van der Waals surface area contributed by atoms with E-state index in [0.717, 1.165) is 37.9 Å². The van der Waals surface area contributed by atoms with Crippen molar-refractivity contribution in [1.29, 1.82) is 0 Å². The van der Waals surface area contributed by atoms with Crippen LogP contribution in [0.5, 0.6) is 0 Å². The summed E-state index contributed by atoms with van der Waals surface area (Å²) in [4.78, 5) is 27.2. The van der Waals surface area contributed by atoms with E-state index in [9.17, 15) is 14.7 Å². The lowest BCUT2D eigenvalue weighted by Gasteiger charge is -2.45. The largest absolute Gasteiger partial charge is 0.460 e. The highest BCUT2D eigenvalue weighted by Gasteiger charge is 2.69. The Hall–Kier alpha value is -1.56. The van der Waals surface area contributed by atoms with Gasteiger partial charge in [-0.1, -0.05) is 20.8 Å². The Balaban J connectivity index is 1.65. The average molecular weight is 389 g/mol. The molecule has 0 radical (unpaired) electrons. The Bertz CT molecular complexity index is 747. The first-order valence-electron chi connectivity index (χ1n) is 11.0. The summed E-state index contributed by atoms with van der Waals surface area (Å²) in [6, 6.07) is 0.0282. The number of nitrogens with zero attached hydrogens (tertiary/aromatic N) is 1. The van der Waals surface area contributed by atoms with Gasteiger partial charge in [-0.2, -0.15) is 0 Å². The van der Waals surface area contributed by atoms with E-state index in [2.05, 4.69) is 11.8 Å². The molecule has 6 nitrogen and oxygen atoms in total. The second-order valence-corrected chi connectivity index (χ2v) is 9.54. The van der Waals surface area contributed by atoms with Crippen LogP contribution in [0, 0.1) is 23.7 Å². The molecule has 0 aromatic rings. The number of rotatable bonds is 2. The molecule has 4 heterocycles. The number of hydrogen-bond acceptors (Lipinski definition) is 6. The average Bonchev–Trinajstić information content (AvgIpc) is 3.16. The minimum Gasteiger partial charge on any atom is -0.460 e. The molecule has 5 aliphatic rings. The van der Waals surface area contributed by atoms with Gasteiger partial charge in [-0.25, -0.2) is 0 Å². The van der Waals surface area contributed by atoms with Gasteiger partial charge in [0.15, 0.2) is 5.60 Å². The maximum atomic E-state index is 12.7. The van der Waals surface area contributed by atoms with Gasteiger partial charge in [0.2, 0.25) is 0 Å². The van der Waals surface area contributed by atoms with Gasteiger partial charge in [0.25, 0.3) is 0 Å². The van der Waals surface area contributed by atoms with Gasteiger partial charge in [0, 0.05) is 24.8 Å². The van der Waals surface area contributed by atoms with Crippen LogP contribution in [0.3, 0.4) is 0 Å². The van der Waals surface area contributed by atoms with E-state index in [1.807, 2.05) is 13.8 Å². The van der Waals surface area contributed by atoms with Crippen LogP contribution in [0.4, 0.5) is 0 Å². The van der Waals surface area contributed by atoms with Crippen LogP contribution >= 0.6 is 0 Å². The van der Waals surface area contributed by atoms with Crippen molar-refractivity contribution < 1.29 is 24.2 Å². The van der Waals surface area contributed by atoms with E-state index in [1.54, 1.807) is 0 Å².